The van der Waals surface area contributed by atoms with Crippen LogP contribution in [0.5, 0.6) is 0 Å². The highest BCUT2D eigenvalue weighted by molar-refractivity contribution is 7.89. The average molecular weight is 311 g/mol. The Bertz CT molecular complexity index is 576. The van der Waals surface area contributed by atoms with Gasteiger partial charge < -0.3 is 5.32 Å². The summed E-state index contributed by atoms with van der Waals surface area (Å²) in [4.78, 5) is 2.60. The second kappa shape index (κ2) is 6.34. The van der Waals surface area contributed by atoms with Crippen LogP contribution in [-0.4, -0.2) is 56.4 Å². The van der Waals surface area contributed by atoms with E-state index in [0.717, 1.165) is 0 Å². The van der Waals surface area contributed by atoms with Crippen molar-refractivity contribution in [3.8, 4) is 0 Å². The Morgan fingerprint density at radius 2 is 1.76 bits per heavy atom. The van der Waals surface area contributed by atoms with Gasteiger partial charge in [-0.25, -0.2) is 8.42 Å². The Morgan fingerprint density at radius 3 is 2.33 bits per heavy atom. The Balaban J connectivity index is 2.34. The van der Waals surface area contributed by atoms with Crippen molar-refractivity contribution in [1.82, 2.24) is 9.21 Å². The average Bonchev–Trinajstić information content (AvgIpc) is 2.45. The van der Waals surface area contributed by atoms with E-state index in [1.165, 1.54) is 0 Å². The minimum Gasteiger partial charge on any atom is -0.384 e. The van der Waals surface area contributed by atoms with Gasteiger partial charge in [-0.1, -0.05) is 12.1 Å². The molecular formula is C15H25N3O2S. The summed E-state index contributed by atoms with van der Waals surface area (Å²) in [6, 6.07) is 7.56. The van der Waals surface area contributed by atoms with Crippen molar-refractivity contribution in [2.45, 2.75) is 37.8 Å². The van der Waals surface area contributed by atoms with E-state index in [1.54, 1.807) is 16.4 Å². The monoisotopic (exact) mass is 311 g/mol. The highest BCUT2D eigenvalue weighted by Crippen LogP contribution is 2.27. The minimum atomic E-state index is -3.46. The van der Waals surface area contributed by atoms with Gasteiger partial charge in [0.1, 0.15) is 4.90 Å². The van der Waals surface area contributed by atoms with Crippen LogP contribution in [0.4, 0.5) is 5.69 Å². The number of nitrogens with one attached hydrogen (secondary N) is 1. The molecule has 0 saturated carbocycles. The van der Waals surface area contributed by atoms with Crippen molar-refractivity contribution < 1.29 is 8.42 Å². The van der Waals surface area contributed by atoms with Crippen molar-refractivity contribution >= 4 is 15.7 Å². The van der Waals surface area contributed by atoms with Gasteiger partial charge in [0.2, 0.25) is 10.0 Å². The fourth-order valence-electron chi connectivity index (χ4n) is 2.72. The standard InChI is InChI=1S/C15H25N3O2S/c1-5-16-14-8-6-7-9-15(14)21(19,20)18-10-12(2)17(4)13(3)11-18/h6-9,12-13,16H,5,10-11H2,1-4H3. The zero-order valence-corrected chi connectivity index (χ0v) is 14.0. The predicted molar refractivity (Wildman–Crippen MR) is 86.1 cm³/mol. The molecular weight excluding hydrogens is 286 g/mol. The lowest BCUT2D eigenvalue weighted by Crippen LogP contribution is -2.56. The van der Waals surface area contributed by atoms with E-state index in [0.29, 0.717) is 30.2 Å². The molecule has 0 spiro atoms. The maximum absolute atomic E-state index is 12.9. The van der Waals surface area contributed by atoms with Crippen LogP contribution in [0.3, 0.4) is 0 Å². The van der Waals surface area contributed by atoms with Gasteiger partial charge in [0.15, 0.2) is 0 Å². The number of benzene rings is 1. The van der Waals surface area contributed by atoms with Crippen molar-refractivity contribution in [2.75, 3.05) is 32.0 Å². The highest BCUT2D eigenvalue weighted by Gasteiger charge is 2.35. The van der Waals surface area contributed by atoms with Crippen molar-refractivity contribution in [3.63, 3.8) is 0 Å². The second-order valence-corrected chi connectivity index (χ2v) is 7.62. The zero-order chi connectivity index (χ0) is 15.6. The van der Waals surface area contributed by atoms with Crippen LogP contribution in [0.2, 0.25) is 0 Å². The molecule has 1 saturated heterocycles. The first-order valence-electron chi connectivity index (χ1n) is 7.43. The summed E-state index contributed by atoms with van der Waals surface area (Å²) >= 11 is 0. The van der Waals surface area contributed by atoms with E-state index in [9.17, 15) is 8.42 Å². The van der Waals surface area contributed by atoms with Gasteiger partial charge in [0.25, 0.3) is 0 Å². The number of rotatable bonds is 4. The minimum absolute atomic E-state index is 0.217. The third kappa shape index (κ3) is 3.22. The van der Waals surface area contributed by atoms with E-state index in [4.69, 9.17) is 0 Å². The number of hydrogen-bond donors (Lipinski definition) is 1. The zero-order valence-electron chi connectivity index (χ0n) is 13.2. The maximum Gasteiger partial charge on any atom is 0.245 e. The molecule has 6 heteroatoms. The molecule has 5 nitrogen and oxygen atoms in total. The molecule has 0 aliphatic carbocycles. The molecule has 2 unspecified atom stereocenters. The van der Waals surface area contributed by atoms with Gasteiger partial charge in [-0.3, -0.25) is 4.90 Å². The molecule has 0 bridgehead atoms. The van der Waals surface area contributed by atoms with E-state index in [1.807, 2.05) is 26.1 Å². The lowest BCUT2D eigenvalue weighted by atomic mass is 10.1. The van der Waals surface area contributed by atoms with E-state index in [-0.39, 0.29) is 12.1 Å². The molecule has 0 radical (unpaired) electrons. The summed E-state index contributed by atoms with van der Waals surface area (Å²) in [5, 5.41) is 3.14. The summed E-state index contributed by atoms with van der Waals surface area (Å²) in [5.74, 6) is 0. The van der Waals surface area contributed by atoms with Gasteiger partial charge in [0, 0.05) is 31.7 Å². The summed E-state index contributed by atoms with van der Waals surface area (Å²) in [6.45, 7) is 7.85. The molecule has 21 heavy (non-hydrogen) atoms. The highest BCUT2D eigenvalue weighted by atomic mass is 32.2. The molecule has 2 rings (SSSR count). The number of para-hydroxylation sites is 1. The molecule has 1 fully saturated rings. The largest absolute Gasteiger partial charge is 0.384 e. The number of hydrogen-bond acceptors (Lipinski definition) is 4. The van der Waals surface area contributed by atoms with Crippen LogP contribution >= 0.6 is 0 Å². The van der Waals surface area contributed by atoms with Gasteiger partial charge in [-0.15, -0.1) is 0 Å². The third-order valence-corrected chi connectivity index (χ3v) is 6.09. The lowest BCUT2D eigenvalue weighted by molar-refractivity contribution is 0.105. The fraction of sp³-hybridized carbons (Fsp3) is 0.600. The molecule has 2 atom stereocenters. The van der Waals surface area contributed by atoms with Crippen LogP contribution in [0, 0.1) is 0 Å². The van der Waals surface area contributed by atoms with Crippen LogP contribution in [0.25, 0.3) is 0 Å². The second-order valence-electron chi connectivity index (χ2n) is 5.71. The van der Waals surface area contributed by atoms with Gasteiger partial charge in [-0.05, 0) is 40.0 Å². The van der Waals surface area contributed by atoms with Gasteiger partial charge in [0.05, 0.1) is 5.69 Å². The Kier molecular flexibility index (Phi) is 4.91. The maximum atomic E-state index is 12.9. The Morgan fingerprint density at radius 1 is 1.19 bits per heavy atom. The predicted octanol–water partition coefficient (Wildman–Crippen LogP) is 1.83. The lowest BCUT2D eigenvalue weighted by Gasteiger charge is -2.41. The van der Waals surface area contributed by atoms with E-state index < -0.39 is 10.0 Å². The molecule has 1 heterocycles. The molecule has 1 aliphatic rings. The molecule has 1 N–H and O–H groups in total. The van der Waals surface area contributed by atoms with Crippen molar-refractivity contribution in [2.24, 2.45) is 0 Å². The molecule has 118 valence electrons. The van der Waals surface area contributed by atoms with E-state index >= 15 is 0 Å². The molecule has 1 aromatic rings. The molecule has 1 aliphatic heterocycles. The van der Waals surface area contributed by atoms with E-state index in [2.05, 4.69) is 24.1 Å². The topological polar surface area (TPSA) is 52.7 Å². The SMILES string of the molecule is CCNc1ccccc1S(=O)(=O)N1CC(C)N(C)C(C)C1. The molecule has 0 amide bonds. The first-order chi connectivity index (χ1) is 9.87. The van der Waals surface area contributed by atoms with Crippen molar-refractivity contribution in [3.05, 3.63) is 24.3 Å². The number of nitrogens with zero attached hydrogens (tertiary/aromatic N) is 2. The van der Waals surface area contributed by atoms with Crippen LogP contribution < -0.4 is 5.32 Å². The number of likely N-dealkylation sites (N-methyl/N-ethyl adjacent to an activating group) is 1. The summed E-state index contributed by atoms with van der Waals surface area (Å²) < 4.78 is 27.5. The molecule has 1 aromatic carbocycles. The van der Waals surface area contributed by atoms with Gasteiger partial charge in [-0.2, -0.15) is 4.31 Å². The Labute approximate surface area is 128 Å². The van der Waals surface area contributed by atoms with Crippen LogP contribution in [0.15, 0.2) is 29.2 Å². The summed E-state index contributed by atoms with van der Waals surface area (Å²) in [6.07, 6.45) is 0. The molecule has 0 aromatic heterocycles. The summed E-state index contributed by atoms with van der Waals surface area (Å²) in [7, 11) is -1.41. The smallest absolute Gasteiger partial charge is 0.245 e. The number of piperazine rings is 1. The number of sulfonamides is 1. The first-order valence-corrected chi connectivity index (χ1v) is 8.87. The number of anilines is 1. The Hall–Kier alpha value is -1.11. The fourth-order valence-corrected chi connectivity index (χ4v) is 4.49. The normalized spacial score (nSPS) is 25.0. The van der Waals surface area contributed by atoms with Crippen LogP contribution in [-0.2, 0) is 10.0 Å². The quantitative estimate of drug-likeness (QED) is 0.922. The first kappa shape index (κ1) is 16.3. The van der Waals surface area contributed by atoms with Gasteiger partial charge >= 0.3 is 0 Å². The summed E-state index contributed by atoms with van der Waals surface area (Å²) in [5.41, 5.74) is 0.680. The van der Waals surface area contributed by atoms with Crippen LogP contribution in [0.1, 0.15) is 20.8 Å². The van der Waals surface area contributed by atoms with Crippen molar-refractivity contribution in [1.29, 1.82) is 0 Å². The third-order valence-electron chi connectivity index (χ3n) is 4.20.